The van der Waals surface area contributed by atoms with Gasteiger partial charge in [0.25, 0.3) is 0 Å². The van der Waals surface area contributed by atoms with Crippen molar-refractivity contribution in [2.45, 2.75) is 57.5 Å². The SMILES string of the molecule is CCC[C@@H](N)C(=O)N(CCN(C)C)C1CCCC1. The van der Waals surface area contributed by atoms with E-state index >= 15 is 0 Å². The number of carbonyl (C=O) groups excluding carboxylic acids is 1. The Balaban J connectivity index is 2.60. The van der Waals surface area contributed by atoms with Crippen LogP contribution < -0.4 is 5.73 Å². The summed E-state index contributed by atoms with van der Waals surface area (Å²) in [6.07, 6.45) is 6.57. The molecule has 4 nitrogen and oxygen atoms in total. The molecule has 1 fully saturated rings. The number of carbonyl (C=O) groups is 1. The summed E-state index contributed by atoms with van der Waals surface area (Å²) in [6, 6.07) is 0.123. The summed E-state index contributed by atoms with van der Waals surface area (Å²) in [7, 11) is 4.09. The maximum absolute atomic E-state index is 12.4. The fourth-order valence-electron chi connectivity index (χ4n) is 2.64. The molecule has 18 heavy (non-hydrogen) atoms. The zero-order valence-electron chi connectivity index (χ0n) is 12.2. The van der Waals surface area contributed by atoms with Crippen LogP contribution >= 0.6 is 0 Å². The van der Waals surface area contributed by atoms with Crippen molar-refractivity contribution in [3.8, 4) is 0 Å². The van der Waals surface area contributed by atoms with Gasteiger partial charge in [-0.25, -0.2) is 0 Å². The van der Waals surface area contributed by atoms with Crippen molar-refractivity contribution >= 4 is 5.91 Å². The number of nitrogens with two attached hydrogens (primary N) is 1. The van der Waals surface area contributed by atoms with Crippen molar-refractivity contribution in [1.29, 1.82) is 0 Å². The number of amides is 1. The Labute approximate surface area is 111 Å². The molecule has 0 saturated heterocycles. The Morgan fingerprint density at radius 2 is 1.89 bits per heavy atom. The summed E-state index contributed by atoms with van der Waals surface area (Å²) in [5, 5.41) is 0. The molecule has 0 heterocycles. The van der Waals surface area contributed by atoms with E-state index in [1.807, 2.05) is 19.0 Å². The summed E-state index contributed by atoms with van der Waals surface area (Å²) in [5.41, 5.74) is 6.00. The largest absolute Gasteiger partial charge is 0.337 e. The molecule has 0 aromatic carbocycles. The number of likely N-dealkylation sites (N-methyl/N-ethyl adjacent to an activating group) is 1. The molecule has 0 radical (unpaired) electrons. The number of rotatable bonds is 7. The predicted octanol–water partition coefficient (Wildman–Crippen LogP) is 1.45. The number of hydrogen-bond donors (Lipinski definition) is 1. The van der Waals surface area contributed by atoms with Crippen LogP contribution in [0.5, 0.6) is 0 Å². The molecule has 0 aromatic heterocycles. The van der Waals surface area contributed by atoms with Crippen LogP contribution in [0.1, 0.15) is 45.4 Å². The zero-order valence-corrected chi connectivity index (χ0v) is 12.2. The molecule has 0 spiro atoms. The Morgan fingerprint density at radius 1 is 1.28 bits per heavy atom. The third-order valence-corrected chi connectivity index (χ3v) is 3.75. The molecule has 1 aliphatic rings. The Bertz CT molecular complexity index is 249. The van der Waals surface area contributed by atoms with Gasteiger partial charge in [0.15, 0.2) is 0 Å². The van der Waals surface area contributed by atoms with Gasteiger partial charge < -0.3 is 15.5 Å². The van der Waals surface area contributed by atoms with Crippen LogP contribution in [0.15, 0.2) is 0 Å². The van der Waals surface area contributed by atoms with Gasteiger partial charge >= 0.3 is 0 Å². The van der Waals surface area contributed by atoms with Gasteiger partial charge in [-0.2, -0.15) is 0 Å². The highest BCUT2D eigenvalue weighted by molar-refractivity contribution is 5.82. The molecule has 4 heteroatoms. The monoisotopic (exact) mass is 255 g/mol. The van der Waals surface area contributed by atoms with Gasteiger partial charge in [-0.05, 0) is 33.4 Å². The fourth-order valence-corrected chi connectivity index (χ4v) is 2.64. The summed E-state index contributed by atoms with van der Waals surface area (Å²) in [4.78, 5) is 16.6. The van der Waals surface area contributed by atoms with E-state index in [-0.39, 0.29) is 11.9 Å². The molecule has 1 aliphatic carbocycles. The molecule has 106 valence electrons. The molecule has 1 atom stereocenters. The van der Waals surface area contributed by atoms with Crippen molar-refractivity contribution in [2.75, 3.05) is 27.2 Å². The Hall–Kier alpha value is -0.610. The first-order chi connectivity index (χ1) is 8.56. The highest BCUT2D eigenvalue weighted by Gasteiger charge is 2.29. The van der Waals surface area contributed by atoms with Crippen molar-refractivity contribution in [3.63, 3.8) is 0 Å². The van der Waals surface area contributed by atoms with Crippen LogP contribution in [0.2, 0.25) is 0 Å². The first kappa shape index (κ1) is 15.4. The van der Waals surface area contributed by atoms with E-state index in [1.54, 1.807) is 0 Å². The summed E-state index contributed by atoms with van der Waals surface area (Å²) in [5.74, 6) is 0.158. The van der Waals surface area contributed by atoms with Gasteiger partial charge in [0.1, 0.15) is 0 Å². The molecule has 1 rings (SSSR count). The maximum Gasteiger partial charge on any atom is 0.239 e. The molecule has 0 unspecified atom stereocenters. The number of hydrogen-bond acceptors (Lipinski definition) is 3. The normalized spacial score (nSPS) is 18.3. The molecule has 0 aliphatic heterocycles. The molecule has 2 N–H and O–H groups in total. The maximum atomic E-state index is 12.4. The summed E-state index contributed by atoms with van der Waals surface area (Å²) < 4.78 is 0. The molecule has 0 bridgehead atoms. The van der Waals surface area contributed by atoms with Crippen molar-refractivity contribution in [1.82, 2.24) is 9.80 Å². The predicted molar refractivity (Wildman–Crippen MR) is 75.4 cm³/mol. The van der Waals surface area contributed by atoms with E-state index in [4.69, 9.17) is 5.73 Å². The van der Waals surface area contributed by atoms with Gasteiger partial charge in [0.2, 0.25) is 5.91 Å². The van der Waals surface area contributed by atoms with Gasteiger partial charge in [-0.1, -0.05) is 26.2 Å². The standard InChI is InChI=1S/C14H29N3O/c1-4-7-13(15)14(18)17(11-10-16(2)3)12-8-5-6-9-12/h12-13H,4-11,15H2,1-3H3/t13-/m1/s1. The van der Waals surface area contributed by atoms with Crippen LogP contribution in [0, 0.1) is 0 Å². The van der Waals surface area contributed by atoms with E-state index < -0.39 is 0 Å². The van der Waals surface area contributed by atoms with Crippen LogP contribution in [0.3, 0.4) is 0 Å². The highest BCUT2D eigenvalue weighted by Crippen LogP contribution is 2.24. The third kappa shape index (κ3) is 4.58. The fraction of sp³-hybridized carbons (Fsp3) is 0.929. The second-order valence-electron chi connectivity index (χ2n) is 5.67. The van der Waals surface area contributed by atoms with E-state index in [0.29, 0.717) is 6.04 Å². The second kappa shape index (κ2) is 7.74. The lowest BCUT2D eigenvalue weighted by Crippen LogP contribution is -2.50. The van der Waals surface area contributed by atoms with Gasteiger partial charge in [0, 0.05) is 19.1 Å². The van der Waals surface area contributed by atoms with E-state index in [9.17, 15) is 4.79 Å². The lowest BCUT2D eigenvalue weighted by molar-refractivity contribution is -0.135. The minimum atomic E-state index is -0.308. The van der Waals surface area contributed by atoms with Crippen molar-refractivity contribution < 1.29 is 4.79 Å². The van der Waals surface area contributed by atoms with Gasteiger partial charge in [-0.15, -0.1) is 0 Å². The quantitative estimate of drug-likeness (QED) is 0.749. The van der Waals surface area contributed by atoms with Crippen LogP contribution in [-0.2, 0) is 4.79 Å². The van der Waals surface area contributed by atoms with E-state index in [2.05, 4.69) is 11.8 Å². The first-order valence-electron chi connectivity index (χ1n) is 7.27. The topological polar surface area (TPSA) is 49.6 Å². The molecular weight excluding hydrogens is 226 g/mol. The second-order valence-corrected chi connectivity index (χ2v) is 5.67. The molecule has 1 amide bonds. The van der Waals surface area contributed by atoms with Crippen molar-refractivity contribution in [3.05, 3.63) is 0 Å². The molecular formula is C14H29N3O. The zero-order chi connectivity index (χ0) is 13.5. The molecule has 0 aromatic rings. The lowest BCUT2D eigenvalue weighted by atomic mass is 10.1. The van der Waals surface area contributed by atoms with Crippen molar-refractivity contribution in [2.24, 2.45) is 5.73 Å². The average molecular weight is 255 g/mol. The van der Waals surface area contributed by atoms with Crippen LogP contribution in [0.25, 0.3) is 0 Å². The smallest absolute Gasteiger partial charge is 0.239 e. The van der Waals surface area contributed by atoms with Crippen LogP contribution in [0.4, 0.5) is 0 Å². The average Bonchev–Trinajstić information content (AvgIpc) is 2.82. The Morgan fingerprint density at radius 3 is 2.39 bits per heavy atom. The van der Waals surface area contributed by atoms with Crippen LogP contribution in [-0.4, -0.2) is 55.0 Å². The Kier molecular flexibility index (Phi) is 6.65. The van der Waals surface area contributed by atoms with E-state index in [0.717, 1.165) is 38.8 Å². The third-order valence-electron chi connectivity index (χ3n) is 3.75. The lowest BCUT2D eigenvalue weighted by Gasteiger charge is -2.32. The minimum absolute atomic E-state index is 0.158. The number of nitrogens with zero attached hydrogens (tertiary/aromatic N) is 2. The highest BCUT2D eigenvalue weighted by atomic mass is 16.2. The first-order valence-corrected chi connectivity index (χ1v) is 7.27. The van der Waals surface area contributed by atoms with Gasteiger partial charge in [0.05, 0.1) is 6.04 Å². The van der Waals surface area contributed by atoms with Gasteiger partial charge in [-0.3, -0.25) is 4.79 Å². The molecule has 1 saturated carbocycles. The summed E-state index contributed by atoms with van der Waals surface area (Å²) in [6.45, 7) is 3.81. The summed E-state index contributed by atoms with van der Waals surface area (Å²) >= 11 is 0. The minimum Gasteiger partial charge on any atom is -0.337 e. The van der Waals surface area contributed by atoms with E-state index in [1.165, 1.54) is 12.8 Å².